The highest BCUT2D eigenvalue weighted by Crippen LogP contribution is 2.29. The summed E-state index contributed by atoms with van der Waals surface area (Å²) in [5.74, 6) is 0. The zero-order valence-corrected chi connectivity index (χ0v) is 10.9. The molecule has 0 amide bonds. The van der Waals surface area contributed by atoms with Crippen molar-refractivity contribution in [1.29, 1.82) is 0 Å². The molecule has 2 heteroatoms. The molecule has 94 valence electrons. The summed E-state index contributed by atoms with van der Waals surface area (Å²) >= 11 is 0. The minimum atomic E-state index is -0.0165. The molecule has 1 aromatic carbocycles. The second-order valence-electron chi connectivity index (χ2n) is 5.43. The first kappa shape index (κ1) is 12.6. The number of aliphatic hydroxyl groups excluding tert-OH is 1. The minimum absolute atomic E-state index is 0.0165. The normalized spacial score (nSPS) is 18.5. The first-order valence-corrected chi connectivity index (χ1v) is 6.57. The number of aliphatic hydroxyl groups is 1. The number of aryl methyl sites for hydroxylation is 2. The van der Waals surface area contributed by atoms with Gasteiger partial charge in [-0.05, 0) is 37.8 Å². The monoisotopic (exact) mass is 233 g/mol. The molecule has 2 nitrogen and oxygen atoms in total. The molecule has 1 saturated carbocycles. The maximum Gasteiger partial charge on any atom is 0.0613 e. The Morgan fingerprint density at radius 2 is 1.94 bits per heavy atom. The molecule has 1 aromatic rings. The van der Waals surface area contributed by atoms with Crippen molar-refractivity contribution in [2.75, 3.05) is 6.61 Å². The maximum atomic E-state index is 9.55. The first-order valence-electron chi connectivity index (χ1n) is 6.57. The average Bonchev–Trinajstić information content (AvgIpc) is 2.77. The van der Waals surface area contributed by atoms with Crippen molar-refractivity contribution in [3.8, 4) is 0 Å². The van der Waals surface area contributed by atoms with Crippen molar-refractivity contribution in [3.05, 3.63) is 34.9 Å². The van der Waals surface area contributed by atoms with E-state index in [1.54, 1.807) is 0 Å². The van der Waals surface area contributed by atoms with Crippen LogP contribution in [0.15, 0.2) is 18.2 Å². The topological polar surface area (TPSA) is 32.3 Å². The van der Waals surface area contributed by atoms with E-state index < -0.39 is 0 Å². The average molecular weight is 233 g/mol. The molecule has 1 fully saturated rings. The Kier molecular flexibility index (Phi) is 3.85. The Balaban J connectivity index is 2.01. The number of rotatable bonds is 4. The van der Waals surface area contributed by atoms with Crippen molar-refractivity contribution >= 4 is 0 Å². The lowest BCUT2D eigenvalue weighted by atomic mass is 9.97. The zero-order valence-electron chi connectivity index (χ0n) is 10.9. The highest BCUT2D eigenvalue weighted by atomic mass is 16.3. The van der Waals surface area contributed by atoms with E-state index >= 15 is 0 Å². The van der Waals surface area contributed by atoms with Gasteiger partial charge in [-0.1, -0.05) is 36.6 Å². The van der Waals surface area contributed by atoms with Crippen molar-refractivity contribution in [2.24, 2.45) is 0 Å². The van der Waals surface area contributed by atoms with Gasteiger partial charge in [-0.25, -0.2) is 0 Å². The minimum Gasteiger partial charge on any atom is -0.394 e. The van der Waals surface area contributed by atoms with Crippen LogP contribution in [0.1, 0.15) is 42.4 Å². The molecule has 0 aliphatic heterocycles. The predicted octanol–water partition coefficient (Wildman–Crippen LogP) is 2.70. The third kappa shape index (κ3) is 2.88. The van der Waals surface area contributed by atoms with Gasteiger partial charge in [-0.3, -0.25) is 0 Å². The van der Waals surface area contributed by atoms with Crippen LogP contribution in [-0.4, -0.2) is 17.3 Å². The lowest BCUT2D eigenvalue weighted by molar-refractivity contribution is 0.163. The van der Waals surface area contributed by atoms with Crippen LogP contribution in [-0.2, 0) is 6.54 Å². The number of hydrogen-bond donors (Lipinski definition) is 2. The third-order valence-corrected chi connectivity index (χ3v) is 4.02. The van der Waals surface area contributed by atoms with Crippen LogP contribution in [0, 0.1) is 13.8 Å². The van der Waals surface area contributed by atoms with Crippen LogP contribution in [0.25, 0.3) is 0 Å². The Bertz CT molecular complexity index is 381. The molecule has 0 aromatic heterocycles. The number of nitrogens with one attached hydrogen (secondary N) is 1. The van der Waals surface area contributed by atoms with Gasteiger partial charge in [0.15, 0.2) is 0 Å². The molecule has 0 unspecified atom stereocenters. The molecule has 2 rings (SSSR count). The standard InChI is InChI=1S/C15H23NO/c1-12-5-6-14(13(2)9-12)10-16-15(11-17)7-3-4-8-15/h5-6,9,16-17H,3-4,7-8,10-11H2,1-2H3. The fourth-order valence-electron chi connectivity index (χ4n) is 2.77. The Labute approximate surface area is 104 Å². The maximum absolute atomic E-state index is 9.55. The molecule has 0 heterocycles. The Hall–Kier alpha value is -0.860. The fourth-order valence-corrected chi connectivity index (χ4v) is 2.77. The van der Waals surface area contributed by atoms with Crippen molar-refractivity contribution in [3.63, 3.8) is 0 Å². The lowest BCUT2D eigenvalue weighted by Gasteiger charge is -2.28. The van der Waals surface area contributed by atoms with E-state index in [0.717, 1.165) is 19.4 Å². The van der Waals surface area contributed by atoms with E-state index in [9.17, 15) is 5.11 Å². The summed E-state index contributed by atoms with van der Waals surface area (Å²) in [6, 6.07) is 6.57. The van der Waals surface area contributed by atoms with Crippen molar-refractivity contribution in [2.45, 2.75) is 51.6 Å². The van der Waals surface area contributed by atoms with Crippen LogP contribution in [0.3, 0.4) is 0 Å². The third-order valence-electron chi connectivity index (χ3n) is 4.02. The lowest BCUT2D eigenvalue weighted by Crippen LogP contribution is -2.45. The summed E-state index contributed by atoms with van der Waals surface area (Å²) in [6.45, 7) is 5.41. The van der Waals surface area contributed by atoms with Gasteiger partial charge in [0.05, 0.1) is 6.61 Å². The van der Waals surface area contributed by atoms with E-state index in [2.05, 4.69) is 37.4 Å². The van der Waals surface area contributed by atoms with Crippen LogP contribution in [0.5, 0.6) is 0 Å². The van der Waals surface area contributed by atoms with Crippen LogP contribution < -0.4 is 5.32 Å². The summed E-state index contributed by atoms with van der Waals surface area (Å²) in [5, 5.41) is 13.1. The summed E-state index contributed by atoms with van der Waals surface area (Å²) in [6.07, 6.45) is 4.68. The molecule has 17 heavy (non-hydrogen) atoms. The van der Waals surface area contributed by atoms with Crippen LogP contribution in [0.2, 0.25) is 0 Å². The van der Waals surface area contributed by atoms with Gasteiger partial charge in [-0.15, -0.1) is 0 Å². The zero-order chi connectivity index (χ0) is 12.3. The van der Waals surface area contributed by atoms with Gasteiger partial charge in [0.2, 0.25) is 0 Å². The van der Waals surface area contributed by atoms with Gasteiger partial charge < -0.3 is 10.4 Å². The number of benzene rings is 1. The molecule has 0 atom stereocenters. The van der Waals surface area contributed by atoms with Gasteiger partial charge in [-0.2, -0.15) is 0 Å². The quantitative estimate of drug-likeness (QED) is 0.838. The molecule has 2 N–H and O–H groups in total. The largest absolute Gasteiger partial charge is 0.394 e. The van der Waals surface area contributed by atoms with Crippen molar-refractivity contribution in [1.82, 2.24) is 5.32 Å². The van der Waals surface area contributed by atoms with Crippen molar-refractivity contribution < 1.29 is 5.11 Å². The smallest absolute Gasteiger partial charge is 0.0613 e. The molecular weight excluding hydrogens is 210 g/mol. The molecular formula is C15H23NO. The summed E-state index contributed by atoms with van der Waals surface area (Å²) in [4.78, 5) is 0. The summed E-state index contributed by atoms with van der Waals surface area (Å²) < 4.78 is 0. The van der Waals surface area contributed by atoms with E-state index in [1.165, 1.54) is 29.5 Å². The molecule has 1 aliphatic rings. The summed E-state index contributed by atoms with van der Waals surface area (Å²) in [7, 11) is 0. The van der Waals surface area contributed by atoms with E-state index in [4.69, 9.17) is 0 Å². The molecule has 0 spiro atoms. The second-order valence-corrected chi connectivity index (χ2v) is 5.43. The van der Waals surface area contributed by atoms with Gasteiger partial charge >= 0.3 is 0 Å². The molecule has 0 bridgehead atoms. The highest BCUT2D eigenvalue weighted by molar-refractivity contribution is 5.30. The summed E-state index contributed by atoms with van der Waals surface area (Å²) in [5.41, 5.74) is 3.97. The van der Waals surface area contributed by atoms with E-state index in [1.807, 2.05) is 0 Å². The van der Waals surface area contributed by atoms with E-state index in [-0.39, 0.29) is 12.1 Å². The Morgan fingerprint density at radius 1 is 1.24 bits per heavy atom. The molecule has 0 radical (unpaired) electrons. The highest BCUT2D eigenvalue weighted by Gasteiger charge is 2.32. The number of hydrogen-bond acceptors (Lipinski definition) is 2. The predicted molar refractivity (Wildman–Crippen MR) is 71.0 cm³/mol. The molecule has 1 aliphatic carbocycles. The fraction of sp³-hybridized carbons (Fsp3) is 0.600. The first-order chi connectivity index (χ1) is 8.15. The van der Waals surface area contributed by atoms with Gasteiger partial charge in [0, 0.05) is 12.1 Å². The Morgan fingerprint density at radius 3 is 2.53 bits per heavy atom. The molecule has 0 saturated heterocycles. The van der Waals surface area contributed by atoms with Crippen LogP contribution >= 0.6 is 0 Å². The SMILES string of the molecule is Cc1ccc(CNC2(CO)CCCC2)c(C)c1. The second kappa shape index (κ2) is 5.19. The van der Waals surface area contributed by atoms with Crippen LogP contribution in [0.4, 0.5) is 0 Å². The van der Waals surface area contributed by atoms with Gasteiger partial charge in [0.25, 0.3) is 0 Å². The van der Waals surface area contributed by atoms with E-state index in [0.29, 0.717) is 0 Å². The van der Waals surface area contributed by atoms with Gasteiger partial charge in [0.1, 0.15) is 0 Å².